The van der Waals surface area contributed by atoms with Gasteiger partial charge in [-0.05, 0) is 31.0 Å². The number of benzene rings is 1. The zero-order chi connectivity index (χ0) is 15.1. The van der Waals surface area contributed by atoms with Gasteiger partial charge in [0.2, 0.25) is 0 Å². The first-order chi connectivity index (χ1) is 10.1. The Hall–Kier alpha value is -2.40. The number of carbonyl (C=O) groups excluding carboxylic acids is 1. The second-order valence-corrected chi connectivity index (χ2v) is 4.90. The Morgan fingerprint density at radius 2 is 1.86 bits per heavy atom. The highest BCUT2D eigenvalue weighted by atomic mass is 16.3. The smallest absolute Gasteiger partial charge is 0.319 e. The molecule has 0 aliphatic rings. The number of anilines is 1. The zero-order valence-corrected chi connectivity index (χ0v) is 11.9. The quantitative estimate of drug-likeness (QED) is 0.790. The van der Waals surface area contributed by atoms with Crippen LogP contribution < -0.4 is 10.6 Å². The minimum absolute atomic E-state index is 0.151. The molecule has 3 N–H and O–H groups in total. The lowest BCUT2D eigenvalue weighted by molar-refractivity contribution is 0.155. The Bertz CT molecular complexity index is 560. The van der Waals surface area contributed by atoms with Crippen LogP contribution in [0.3, 0.4) is 0 Å². The number of urea groups is 1. The van der Waals surface area contributed by atoms with Gasteiger partial charge in [0.25, 0.3) is 0 Å². The average Bonchev–Trinajstić information content (AvgIpc) is 2.48. The van der Waals surface area contributed by atoms with Gasteiger partial charge in [0.15, 0.2) is 0 Å². The fourth-order valence-electron chi connectivity index (χ4n) is 2.03. The molecule has 0 bridgehead atoms. The standard InChI is InChI=1S/C16H19N3O2/c1-12(11-15(20)13-5-3-2-4-6-13)18-16(21)19-14-7-9-17-10-8-14/h2-10,12,15,20H,11H2,1H3,(H2,17,18,19,21). The summed E-state index contributed by atoms with van der Waals surface area (Å²) >= 11 is 0. The minimum Gasteiger partial charge on any atom is -0.388 e. The van der Waals surface area contributed by atoms with E-state index in [0.29, 0.717) is 12.1 Å². The Morgan fingerprint density at radius 1 is 1.19 bits per heavy atom. The van der Waals surface area contributed by atoms with Crippen molar-refractivity contribution in [3.8, 4) is 0 Å². The molecule has 2 atom stereocenters. The number of carbonyl (C=O) groups is 1. The largest absolute Gasteiger partial charge is 0.388 e. The summed E-state index contributed by atoms with van der Waals surface area (Å²) in [7, 11) is 0. The van der Waals surface area contributed by atoms with Crippen molar-refractivity contribution < 1.29 is 9.90 Å². The van der Waals surface area contributed by atoms with Crippen molar-refractivity contribution in [2.75, 3.05) is 5.32 Å². The summed E-state index contributed by atoms with van der Waals surface area (Å²) in [6, 6.07) is 12.4. The summed E-state index contributed by atoms with van der Waals surface area (Å²) < 4.78 is 0. The Morgan fingerprint density at radius 3 is 2.52 bits per heavy atom. The van der Waals surface area contributed by atoms with E-state index in [4.69, 9.17) is 0 Å². The number of amides is 2. The van der Waals surface area contributed by atoms with Crippen LogP contribution in [0.15, 0.2) is 54.9 Å². The molecule has 0 spiro atoms. The molecule has 0 fully saturated rings. The third-order valence-corrected chi connectivity index (χ3v) is 3.08. The number of aromatic nitrogens is 1. The zero-order valence-electron chi connectivity index (χ0n) is 11.9. The highest BCUT2D eigenvalue weighted by Crippen LogP contribution is 2.17. The van der Waals surface area contributed by atoms with Crippen molar-refractivity contribution >= 4 is 11.7 Å². The molecule has 110 valence electrons. The molecule has 21 heavy (non-hydrogen) atoms. The first-order valence-electron chi connectivity index (χ1n) is 6.85. The van der Waals surface area contributed by atoms with Crippen LogP contribution in [0.1, 0.15) is 25.0 Å². The number of nitrogens with one attached hydrogen (secondary N) is 2. The first-order valence-corrected chi connectivity index (χ1v) is 6.85. The molecule has 0 aliphatic heterocycles. The van der Waals surface area contributed by atoms with Crippen LogP contribution in [0.5, 0.6) is 0 Å². The van der Waals surface area contributed by atoms with E-state index in [1.165, 1.54) is 0 Å². The van der Waals surface area contributed by atoms with Crippen molar-refractivity contribution in [1.82, 2.24) is 10.3 Å². The Kier molecular flexibility index (Phi) is 5.29. The summed E-state index contributed by atoms with van der Waals surface area (Å²) in [5.74, 6) is 0. The molecule has 1 heterocycles. The summed E-state index contributed by atoms with van der Waals surface area (Å²) in [4.78, 5) is 15.7. The first kappa shape index (κ1) is 15.0. The van der Waals surface area contributed by atoms with Crippen molar-refractivity contribution in [1.29, 1.82) is 0 Å². The predicted molar refractivity (Wildman–Crippen MR) is 81.9 cm³/mol. The maximum Gasteiger partial charge on any atom is 0.319 e. The second kappa shape index (κ2) is 7.40. The SMILES string of the molecule is CC(CC(O)c1ccccc1)NC(=O)Nc1ccncc1. The van der Waals surface area contributed by atoms with E-state index in [0.717, 1.165) is 5.56 Å². The Balaban J connectivity index is 1.81. The van der Waals surface area contributed by atoms with Crippen LogP contribution in [-0.2, 0) is 0 Å². The lowest BCUT2D eigenvalue weighted by Crippen LogP contribution is -2.37. The van der Waals surface area contributed by atoms with Crippen molar-refractivity contribution in [2.24, 2.45) is 0 Å². The molecule has 1 aromatic heterocycles. The van der Waals surface area contributed by atoms with E-state index in [1.54, 1.807) is 24.5 Å². The van der Waals surface area contributed by atoms with Gasteiger partial charge in [-0.25, -0.2) is 4.79 Å². The normalized spacial score (nSPS) is 13.2. The molecule has 2 aromatic rings. The van der Waals surface area contributed by atoms with Gasteiger partial charge in [0.1, 0.15) is 0 Å². The third-order valence-electron chi connectivity index (χ3n) is 3.08. The van der Waals surface area contributed by atoms with Gasteiger partial charge in [0, 0.05) is 24.1 Å². The highest BCUT2D eigenvalue weighted by molar-refractivity contribution is 5.89. The third kappa shape index (κ3) is 4.89. The molecular weight excluding hydrogens is 266 g/mol. The summed E-state index contributed by atoms with van der Waals surface area (Å²) in [5.41, 5.74) is 1.53. The molecule has 2 amide bonds. The number of hydrogen-bond donors (Lipinski definition) is 3. The van der Waals surface area contributed by atoms with Crippen molar-refractivity contribution in [2.45, 2.75) is 25.5 Å². The molecule has 0 saturated carbocycles. The van der Waals surface area contributed by atoms with Crippen LogP contribution >= 0.6 is 0 Å². The molecule has 1 aromatic carbocycles. The topological polar surface area (TPSA) is 74.2 Å². The predicted octanol–water partition coefficient (Wildman–Crippen LogP) is 2.72. The minimum atomic E-state index is -0.595. The van der Waals surface area contributed by atoms with E-state index >= 15 is 0 Å². The van der Waals surface area contributed by atoms with Gasteiger partial charge in [-0.15, -0.1) is 0 Å². The van der Waals surface area contributed by atoms with Crippen LogP contribution in [-0.4, -0.2) is 22.2 Å². The molecular formula is C16H19N3O2. The van der Waals surface area contributed by atoms with E-state index in [-0.39, 0.29) is 12.1 Å². The van der Waals surface area contributed by atoms with Gasteiger partial charge in [-0.1, -0.05) is 30.3 Å². The van der Waals surface area contributed by atoms with Crippen LogP contribution in [0.2, 0.25) is 0 Å². The number of rotatable bonds is 5. The molecule has 0 saturated heterocycles. The monoisotopic (exact) mass is 285 g/mol. The summed E-state index contributed by atoms with van der Waals surface area (Å²) in [6.45, 7) is 1.86. The molecule has 2 rings (SSSR count). The van der Waals surface area contributed by atoms with Gasteiger partial charge in [-0.3, -0.25) is 4.98 Å². The van der Waals surface area contributed by atoms with Gasteiger partial charge in [-0.2, -0.15) is 0 Å². The lowest BCUT2D eigenvalue weighted by atomic mass is 10.0. The van der Waals surface area contributed by atoms with Crippen LogP contribution in [0, 0.1) is 0 Å². The summed E-state index contributed by atoms with van der Waals surface area (Å²) in [5, 5.41) is 15.6. The molecule has 0 aliphatic carbocycles. The highest BCUT2D eigenvalue weighted by Gasteiger charge is 2.14. The number of aliphatic hydroxyl groups is 1. The van der Waals surface area contributed by atoms with E-state index < -0.39 is 6.10 Å². The maximum atomic E-state index is 11.8. The maximum absolute atomic E-state index is 11.8. The Labute approximate surface area is 124 Å². The molecule has 0 radical (unpaired) electrons. The number of hydrogen-bond acceptors (Lipinski definition) is 3. The van der Waals surface area contributed by atoms with Gasteiger partial charge < -0.3 is 15.7 Å². The fraction of sp³-hybridized carbons (Fsp3) is 0.250. The van der Waals surface area contributed by atoms with Crippen LogP contribution in [0.4, 0.5) is 10.5 Å². The van der Waals surface area contributed by atoms with E-state index in [2.05, 4.69) is 15.6 Å². The molecule has 5 heteroatoms. The average molecular weight is 285 g/mol. The fourth-order valence-corrected chi connectivity index (χ4v) is 2.03. The van der Waals surface area contributed by atoms with Crippen molar-refractivity contribution in [3.05, 3.63) is 60.4 Å². The number of aliphatic hydroxyl groups excluding tert-OH is 1. The lowest BCUT2D eigenvalue weighted by Gasteiger charge is -2.18. The van der Waals surface area contributed by atoms with Crippen LogP contribution in [0.25, 0.3) is 0 Å². The van der Waals surface area contributed by atoms with Crippen molar-refractivity contribution in [3.63, 3.8) is 0 Å². The number of pyridine rings is 1. The summed E-state index contributed by atoms with van der Waals surface area (Å²) in [6.07, 6.45) is 3.08. The van der Waals surface area contributed by atoms with E-state index in [9.17, 15) is 9.90 Å². The van der Waals surface area contributed by atoms with Gasteiger partial charge in [0.05, 0.1) is 6.10 Å². The van der Waals surface area contributed by atoms with Gasteiger partial charge >= 0.3 is 6.03 Å². The second-order valence-electron chi connectivity index (χ2n) is 4.90. The molecule has 2 unspecified atom stereocenters. The molecule has 5 nitrogen and oxygen atoms in total. The number of nitrogens with zero attached hydrogens (tertiary/aromatic N) is 1. The van der Waals surface area contributed by atoms with E-state index in [1.807, 2.05) is 37.3 Å².